The number of carbonyl (C=O) groups is 1. The first-order valence-corrected chi connectivity index (χ1v) is 14.5. The molecule has 0 saturated carbocycles. The minimum atomic E-state index is -0.424. The maximum atomic E-state index is 12.6. The molecule has 0 aromatic carbocycles. The van der Waals surface area contributed by atoms with Gasteiger partial charge in [-0.3, -0.25) is 4.79 Å². The van der Waals surface area contributed by atoms with Crippen LogP contribution in [0, 0.1) is 0 Å². The fraction of sp³-hybridized carbons (Fsp3) is 0.958. The maximum Gasteiger partial charge on any atom is 0.160 e. The van der Waals surface area contributed by atoms with Gasteiger partial charge in [0.1, 0.15) is 5.22 Å². The topological polar surface area (TPSA) is 26.3 Å². The third kappa shape index (κ3) is 11.4. The molecule has 1 saturated heterocycles. The summed E-state index contributed by atoms with van der Waals surface area (Å²) in [6, 6.07) is 0. The van der Waals surface area contributed by atoms with Crippen molar-refractivity contribution < 1.29 is 9.53 Å². The Kier molecular flexibility index (Phi) is 15.5. The van der Waals surface area contributed by atoms with Crippen molar-refractivity contribution >= 4 is 15.3 Å². The number of carbonyl (C=O) groups excluding carboxylic acids is 1. The summed E-state index contributed by atoms with van der Waals surface area (Å²) in [7, 11) is -0.424. The quantitative estimate of drug-likeness (QED) is 0.185. The molecular weight excluding hydrogens is 348 g/mol. The molecular formula is C24H48O2Si. The number of ether oxygens (including phenoxy) is 1. The van der Waals surface area contributed by atoms with E-state index in [0.717, 1.165) is 32.3 Å². The summed E-state index contributed by atoms with van der Waals surface area (Å²) in [5.41, 5.74) is 0. The van der Waals surface area contributed by atoms with Crippen molar-refractivity contribution in [3.05, 3.63) is 0 Å². The number of ketones is 1. The largest absolute Gasteiger partial charge is 0.372 e. The van der Waals surface area contributed by atoms with E-state index in [1.165, 1.54) is 96.3 Å². The molecule has 0 N–H and O–H groups in total. The van der Waals surface area contributed by atoms with Gasteiger partial charge in [-0.2, -0.15) is 0 Å². The molecule has 0 aromatic rings. The third-order valence-corrected chi connectivity index (χ3v) is 8.53. The number of hydrogen-bond acceptors (Lipinski definition) is 2. The molecule has 27 heavy (non-hydrogen) atoms. The predicted molar refractivity (Wildman–Crippen MR) is 121 cm³/mol. The van der Waals surface area contributed by atoms with Gasteiger partial charge in [0, 0.05) is 13.0 Å². The second-order valence-corrected chi connectivity index (χ2v) is 10.6. The van der Waals surface area contributed by atoms with E-state index >= 15 is 0 Å². The van der Waals surface area contributed by atoms with Gasteiger partial charge in [-0.05, 0) is 25.7 Å². The number of unbranched alkanes of at least 4 members (excludes halogenated alkanes) is 14. The van der Waals surface area contributed by atoms with E-state index in [4.69, 9.17) is 4.74 Å². The monoisotopic (exact) mass is 396 g/mol. The smallest absolute Gasteiger partial charge is 0.160 e. The summed E-state index contributed by atoms with van der Waals surface area (Å²) in [6.07, 6.45) is 24.7. The Labute approximate surface area is 172 Å². The lowest BCUT2D eigenvalue weighted by molar-refractivity contribution is -0.138. The molecule has 160 valence electrons. The first-order chi connectivity index (χ1) is 13.2. The summed E-state index contributed by atoms with van der Waals surface area (Å²) in [4.78, 5) is 12.6. The molecule has 1 fully saturated rings. The highest BCUT2D eigenvalue weighted by atomic mass is 28.2. The summed E-state index contributed by atoms with van der Waals surface area (Å²) >= 11 is 0. The second-order valence-electron chi connectivity index (χ2n) is 8.78. The second kappa shape index (κ2) is 16.8. The van der Waals surface area contributed by atoms with Gasteiger partial charge in [0.25, 0.3) is 0 Å². The molecule has 1 rings (SSSR count). The fourth-order valence-corrected chi connectivity index (χ4v) is 5.96. The van der Waals surface area contributed by atoms with Crippen LogP contribution >= 0.6 is 0 Å². The van der Waals surface area contributed by atoms with Gasteiger partial charge < -0.3 is 4.74 Å². The number of Topliss-reactive ketones (excluding diaryl/α,β-unsaturated/α-hetero) is 1. The molecule has 0 amide bonds. The van der Waals surface area contributed by atoms with Gasteiger partial charge in [-0.1, -0.05) is 103 Å². The molecule has 1 atom stereocenters. The van der Waals surface area contributed by atoms with Crippen LogP contribution < -0.4 is 0 Å². The van der Waals surface area contributed by atoms with Crippen LogP contribution in [0.15, 0.2) is 0 Å². The van der Waals surface area contributed by atoms with E-state index in [1.54, 1.807) is 0 Å². The average Bonchev–Trinajstić information content (AvgIpc) is 2.71. The van der Waals surface area contributed by atoms with E-state index in [2.05, 4.69) is 13.5 Å². The Balaban J connectivity index is 1.85. The van der Waals surface area contributed by atoms with Crippen LogP contribution in [0.1, 0.15) is 129 Å². The first-order valence-electron chi connectivity index (χ1n) is 12.4. The first kappa shape index (κ1) is 24.9. The third-order valence-electron chi connectivity index (χ3n) is 6.44. The summed E-state index contributed by atoms with van der Waals surface area (Å²) in [6.45, 7) is 5.34. The van der Waals surface area contributed by atoms with Crippen molar-refractivity contribution in [1.82, 2.24) is 0 Å². The van der Waals surface area contributed by atoms with E-state index < -0.39 is 9.52 Å². The Hall–Kier alpha value is -0.153. The van der Waals surface area contributed by atoms with E-state index in [0.29, 0.717) is 5.78 Å². The highest BCUT2D eigenvalue weighted by Crippen LogP contribution is 2.27. The maximum absolute atomic E-state index is 12.6. The van der Waals surface area contributed by atoms with Crippen molar-refractivity contribution in [2.45, 2.75) is 141 Å². The van der Waals surface area contributed by atoms with Gasteiger partial charge >= 0.3 is 0 Å². The Morgan fingerprint density at radius 2 is 1.26 bits per heavy atom. The van der Waals surface area contributed by atoms with Gasteiger partial charge in [0.2, 0.25) is 0 Å². The Bertz CT molecular complexity index is 350. The summed E-state index contributed by atoms with van der Waals surface area (Å²) in [5.74, 6) is 0.436. The number of rotatable bonds is 18. The zero-order valence-electron chi connectivity index (χ0n) is 18.7. The lowest BCUT2D eigenvalue weighted by Gasteiger charge is -2.35. The lowest BCUT2D eigenvalue weighted by atomic mass is 9.99. The average molecular weight is 397 g/mol. The molecule has 1 heterocycles. The van der Waals surface area contributed by atoms with Crippen LogP contribution in [0.25, 0.3) is 0 Å². The Morgan fingerprint density at radius 1 is 0.778 bits per heavy atom. The summed E-state index contributed by atoms with van der Waals surface area (Å²) < 4.78 is 5.96. The van der Waals surface area contributed by atoms with E-state index in [9.17, 15) is 4.79 Å². The van der Waals surface area contributed by atoms with Crippen molar-refractivity contribution in [3.8, 4) is 0 Å². The van der Waals surface area contributed by atoms with Crippen LogP contribution in [0.3, 0.4) is 0 Å². The zero-order valence-corrected chi connectivity index (χ0v) is 20.1. The molecule has 1 aliphatic heterocycles. The van der Waals surface area contributed by atoms with Gasteiger partial charge in [0.15, 0.2) is 5.78 Å². The lowest BCUT2D eigenvalue weighted by Crippen LogP contribution is -2.48. The van der Waals surface area contributed by atoms with E-state index in [1.807, 2.05) is 0 Å². The molecule has 0 aromatic heterocycles. The molecule has 0 spiro atoms. The van der Waals surface area contributed by atoms with E-state index in [-0.39, 0.29) is 5.22 Å². The molecule has 0 bridgehead atoms. The highest BCUT2D eigenvalue weighted by Gasteiger charge is 2.38. The van der Waals surface area contributed by atoms with Gasteiger partial charge in [-0.15, -0.1) is 0 Å². The molecule has 2 nitrogen and oxygen atoms in total. The fourth-order valence-electron chi connectivity index (χ4n) is 4.43. The zero-order chi connectivity index (χ0) is 19.6. The van der Waals surface area contributed by atoms with Crippen molar-refractivity contribution in [1.29, 1.82) is 0 Å². The molecule has 1 aliphatic rings. The van der Waals surface area contributed by atoms with Crippen LogP contribution in [-0.4, -0.2) is 27.1 Å². The standard InChI is InChI=1S/C24H48O2Si/c1-3-4-5-6-7-8-9-10-11-12-13-14-15-16-17-20-23(25)24(27-2)21-18-19-22-26-24/h3-22,27H2,1-2H3. The van der Waals surface area contributed by atoms with Crippen molar-refractivity contribution in [2.75, 3.05) is 6.61 Å². The summed E-state index contributed by atoms with van der Waals surface area (Å²) in [5, 5.41) is -0.283. The van der Waals surface area contributed by atoms with Gasteiger partial charge in [0.05, 0.1) is 9.52 Å². The molecule has 0 aliphatic carbocycles. The normalized spacial score (nSPS) is 20.5. The SMILES string of the molecule is CCCCCCCCCCCCCCCCCC(=O)C1([SiH2]C)CCCCO1. The van der Waals surface area contributed by atoms with Gasteiger partial charge in [-0.25, -0.2) is 0 Å². The molecule has 1 unspecified atom stereocenters. The van der Waals surface area contributed by atoms with Crippen LogP contribution in [0.4, 0.5) is 0 Å². The number of hydrogen-bond donors (Lipinski definition) is 0. The predicted octanol–water partition coefficient (Wildman–Crippen LogP) is 6.93. The molecule has 3 heteroatoms. The minimum Gasteiger partial charge on any atom is -0.372 e. The highest BCUT2D eigenvalue weighted by molar-refractivity contribution is 6.45. The minimum absolute atomic E-state index is 0.283. The Morgan fingerprint density at radius 3 is 1.67 bits per heavy atom. The molecule has 0 radical (unpaired) electrons. The van der Waals surface area contributed by atoms with Crippen LogP contribution in [-0.2, 0) is 9.53 Å². The van der Waals surface area contributed by atoms with Crippen molar-refractivity contribution in [3.63, 3.8) is 0 Å². The van der Waals surface area contributed by atoms with Crippen LogP contribution in [0.2, 0.25) is 6.55 Å². The van der Waals surface area contributed by atoms with Crippen LogP contribution in [0.5, 0.6) is 0 Å². The van der Waals surface area contributed by atoms with Crippen molar-refractivity contribution in [2.24, 2.45) is 0 Å².